The molecule has 9 heteroatoms. The Kier molecular flexibility index (Phi) is 4.49. The number of nitrogens with zero attached hydrogens (tertiary/aromatic N) is 3. The van der Waals surface area contributed by atoms with Crippen molar-refractivity contribution in [3.05, 3.63) is 47.3 Å². The Labute approximate surface area is 154 Å². The zero-order valence-corrected chi connectivity index (χ0v) is 15.1. The van der Waals surface area contributed by atoms with Crippen molar-refractivity contribution in [3.63, 3.8) is 0 Å². The highest BCUT2D eigenvalue weighted by Gasteiger charge is 2.41. The molecule has 0 unspecified atom stereocenters. The molecule has 3 rings (SSSR count). The second kappa shape index (κ2) is 6.40. The summed E-state index contributed by atoms with van der Waals surface area (Å²) in [5.74, 6) is -0.643. The first-order valence-corrected chi connectivity index (χ1v) is 8.36. The number of piperazine rings is 1. The number of alkyl halides is 3. The molecule has 1 aliphatic rings. The lowest BCUT2D eigenvalue weighted by atomic mass is 9.97. The van der Waals surface area contributed by atoms with Gasteiger partial charge in [-0.2, -0.15) is 18.3 Å². The van der Waals surface area contributed by atoms with E-state index in [4.69, 9.17) is 0 Å². The predicted molar refractivity (Wildman–Crippen MR) is 91.4 cm³/mol. The Balaban J connectivity index is 1.97. The Morgan fingerprint density at radius 1 is 1.30 bits per heavy atom. The zero-order chi connectivity index (χ0) is 20.0. The van der Waals surface area contributed by atoms with Gasteiger partial charge in [-0.05, 0) is 39.0 Å². The minimum absolute atomic E-state index is 0.206. The SMILES string of the molecule is Cc1c(C(=O)N2CCNC(=O)C2(C)C)cnn1-c1cccc(C(F)(F)F)c1. The molecule has 0 atom stereocenters. The molecule has 6 nitrogen and oxygen atoms in total. The van der Waals surface area contributed by atoms with E-state index in [1.165, 1.54) is 27.9 Å². The maximum atomic E-state index is 13.0. The van der Waals surface area contributed by atoms with Gasteiger partial charge in [-0.15, -0.1) is 0 Å². The van der Waals surface area contributed by atoms with E-state index in [0.717, 1.165) is 12.1 Å². The van der Waals surface area contributed by atoms with Crippen LogP contribution in [0.15, 0.2) is 30.5 Å². The zero-order valence-electron chi connectivity index (χ0n) is 15.1. The average molecular weight is 380 g/mol. The van der Waals surface area contributed by atoms with Crippen molar-refractivity contribution >= 4 is 11.8 Å². The van der Waals surface area contributed by atoms with Crippen molar-refractivity contribution in [2.24, 2.45) is 0 Å². The number of carbonyl (C=O) groups is 2. The average Bonchev–Trinajstić information content (AvgIpc) is 2.97. The quantitative estimate of drug-likeness (QED) is 0.871. The van der Waals surface area contributed by atoms with Crippen LogP contribution in [0.1, 0.15) is 35.5 Å². The number of rotatable bonds is 2. The Hall–Kier alpha value is -2.84. The molecule has 0 spiro atoms. The van der Waals surface area contributed by atoms with Crippen molar-refractivity contribution in [2.45, 2.75) is 32.5 Å². The van der Waals surface area contributed by atoms with Crippen LogP contribution >= 0.6 is 0 Å². The number of benzene rings is 1. The molecule has 1 aromatic carbocycles. The van der Waals surface area contributed by atoms with Gasteiger partial charge in [0.15, 0.2) is 0 Å². The van der Waals surface area contributed by atoms with E-state index in [2.05, 4.69) is 10.4 Å². The van der Waals surface area contributed by atoms with Crippen LogP contribution in [-0.2, 0) is 11.0 Å². The van der Waals surface area contributed by atoms with Crippen LogP contribution in [0.4, 0.5) is 13.2 Å². The molecule has 2 amide bonds. The number of halogens is 3. The molecular formula is C18H19F3N4O2. The summed E-state index contributed by atoms with van der Waals surface area (Å²) in [6, 6.07) is 4.73. The summed E-state index contributed by atoms with van der Waals surface area (Å²) in [6.45, 7) is 5.58. The summed E-state index contributed by atoms with van der Waals surface area (Å²) in [4.78, 5) is 26.5. The monoisotopic (exact) mass is 380 g/mol. The normalized spacial score (nSPS) is 17.0. The van der Waals surface area contributed by atoms with Crippen molar-refractivity contribution < 1.29 is 22.8 Å². The lowest BCUT2D eigenvalue weighted by molar-refractivity contribution is -0.137. The van der Waals surface area contributed by atoms with Gasteiger partial charge < -0.3 is 10.2 Å². The van der Waals surface area contributed by atoms with Crippen LogP contribution in [0, 0.1) is 6.92 Å². The van der Waals surface area contributed by atoms with Gasteiger partial charge in [-0.25, -0.2) is 4.68 Å². The van der Waals surface area contributed by atoms with Gasteiger partial charge in [-0.3, -0.25) is 9.59 Å². The molecule has 27 heavy (non-hydrogen) atoms. The fourth-order valence-corrected chi connectivity index (χ4v) is 3.09. The first-order valence-electron chi connectivity index (χ1n) is 8.36. The van der Waals surface area contributed by atoms with Crippen LogP contribution in [0.2, 0.25) is 0 Å². The van der Waals surface area contributed by atoms with Gasteiger partial charge in [-0.1, -0.05) is 6.07 Å². The second-order valence-electron chi connectivity index (χ2n) is 6.88. The van der Waals surface area contributed by atoms with Crippen molar-refractivity contribution in [1.29, 1.82) is 0 Å². The number of hydrogen-bond acceptors (Lipinski definition) is 3. The fraction of sp³-hybridized carbons (Fsp3) is 0.389. The molecule has 144 valence electrons. The smallest absolute Gasteiger partial charge is 0.352 e. The third kappa shape index (κ3) is 3.29. The van der Waals surface area contributed by atoms with Crippen molar-refractivity contribution in [3.8, 4) is 5.69 Å². The Morgan fingerprint density at radius 2 is 2.00 bits per heavy atom. The van der Waals surface area contributed by atoms with E-state index in [0.29, 0.717) is 18.8 Å². The minimum Gasteiger partial charge on any atom is -0.352 e. The molecule has 1 fully saturated rings. The van der Waals surface area contributed by atoms with Gasteiger partial charge in [0, 0.05) is 13.1 Å². The molecule has 2 aromatic rings. The summed E-state index contributed by atoms with van der Waals surface area (Å²) in [5, 5.41) is 6.81. The van der Waals surface area contributed by atoms with Gasteiger partial charge >= 0.3 is 6.18 Å². The number of nitrogens with one attached hydrogen (secondary N) is 1. The van der Waals surface area contributed by atoms with Crippen LogP contribution in [0.3, 0.4) is 0 Å². The first-order chi connectivity index (χ1) is 12.5. The largest absolute Gasteiger partial charge is 0.416 e. The molecule has 1 aliphatic heterocycles. The molecule has 1 saturated heterocycles. The maximum Gasteiger partial charge on any atom is 0.416 e. The lowest BCUT2D eigenvalue weighted by Gasteiger charge is -2.41. The number of aromatic nitrogens is 2. The highest BCUT2D eigenvalue weighted by atomic mass is 19.4. The van der Waals surface area contributed by atoms with Crippen molar-refractivity contribution in [2.75, 3.05) is 13.1 Å². The van der Waals surface area contributed by atoms with Crippen LogP contribution in [-0.4, -0.2) is 45.1 Å². The Bertz CT molecular complexity index is 902. The van der Waals surface area contributed by atoms with E-state index in [-0.39, 0.29) is 23.1 Å². The van der Waals surface area contributed by atoms with E-state index in [1.54, 1.807) is 20.8 Å². The third-order valence-corrected chi connectivity index (χ3v) is 4.75. The van der Waals surface area contributed by atoms with Gasteiger partial charge in [0.25, 0.3) is 5.91 Å². The summed E-state index contributed by atoms with van der Waals surface area (Å²) < 4.78 is 40.2. The van der Waals surface area contributed by atoms with Gasteiger partial charge in [0.1, 0.15) is 5.54 Å². The third-order valence-electron chi connectivity index (χ3n) is 4.75. The molecule has 0 radical (unpaired) electrons. The van der Waals surface area contributed by atoms with Crippen LogP contribution in [0.25, 0.3) is 5.69 Å². The number of carbonyl (C=O) groups excluding carboxylic acids is 2. The topological polar surface area (TPSA) is 67.2 Å². The standard InChI is InChI=1S/C18H19F3N4O2/c1-11-14(15(26)24-8-7-22-16(27)17(24,2)3)10-23-25(11)13-6-4-5-12(9-13)18(19,20)21/h4-6,9-10H,7-8H2,1-3H3,(H,22,27). The fourth-order valence-electron chi connectivity index (χ4n) is 3.09. The lowest BCUT2D eigenvalue weighted by Crippen LogP contribution is -2.63. The maximum absolute atomic E-state index is 13.0. The van der Waals surface area contributed by atoms with Crippen molar-refractivity contribution in [1.82, 2.24) is 20.0 Å². The van der Waals surface area contributed by atoms with Crippen LogP contribution < -0.4 is 5.32 Å². The summed E-state index contributed by atoms with van der Waals surface area (Å²) >= 11 is 0. The van der Waals surface area contributed by atoms with Crippen LogP contribution in [0.5, 0.6) is 0 Å². The molecule has 0 bridgehead atoms. The van der Waals surface area contributed by atoms with E-state index < -0.39 is 17.3 Å². The minimum atomic E-state index is -4.47. The van der Waals surface area contributed by atoms with E-state index >= 15 is 0 Å². The summed E-state index contributed by atoms with van der Waals surface area (Å²) in [7, 11) is 0. The second-order valence-corrected chi connectivity index (χ2v) is 6.88. The van der Waals surface area contributed by atoms with E-state index in [1.807, 2.05) is 0 Å². The Morgan fingerprint density at radius 3 is 2.67 bits per heavy atom. The number of hydrogen-bond donors (Lipinski definition) is 1. The molecule has 2 heterocycles. The highest BCUT2D eigenvalue weighted by Crippen LogP contribution is 2.31. The van der Waals surface area contributed by atoms with Gasteiger partial charge in [0.05, 0.1) is 28.7 Å². The molecule has 1 N–H and O–H groups in total. The first kappa shape index (κ1) is 18.9. The molecule has 0 saturated carbocycles. The molecule has 0 aliphatic carbocycles. The summed E-state index contributed by atoms with van der Waals surface area (Å²) in [6.07, 6.45) is -3.15. The number of amides is 2. The molecular weight excluding hydrogens is 361 g/mol. The molecule has 1 aromatic heterocycles. The van der Waals surface area contributed by atoms with E-state index in [9.17, 15) is 22.8 Å². The predicted octanol–water partition coefficient (Wildman–Crippen LogP) is 2.55. The highest BCUT2D eigenvalue weighted by molar-refractivity contribution is 6.00. The summed E-state index contributed by atoms with van der Waals surface area (Å²) in [5.41, 5.74) is -0.968. The van der Waals surface area contributed by atoms with Gasteiger partial charge in [0.2, 0.25) is 5.91 Å².